The van der Waals surface area contributed by atoms with Gasteiger partial charge >= 0.3 is 0 Å². The molecule has 8 nitrogen and oxygen atoms in total. The number of aromatic amines is 2. The molecule has 0 unspecified atom stereocenters. The van der Waals surface area contributed by atoms with Gasteiger partial charge in [0.25, 0.3) is 0 Å². The summed E-state index contributed by atoms with van der Waals surface area (Å²) >= 11 is 0. The Bertz CT molecular complexity index is 1590. The van der Waals surface area contributed by atoms with Crippen molar-refractivity contribution < 1.29 is 4.74 Å². The first-order chi connectivity index (χ1) is 19.2. The Morgan fingerprint density at radius 3 is 2.28 bits per heavy atom. The van der Waals surface area contributed by atoms with Gasteiger partial charge in [-0.1, -0.05) is 43.2 Å². The van der Waals surface area contributed by atoms with E-state index in [2.05, 4.69) is 56.7 Å². The summed E-state index contributed by atoms with van der Waals surface area (Å²) in [6.07, 6.45) is 11.2. The topological polar surface area (TPSA) is 104 Å². The van der Waals surface area contributed by atoms with Crippen molar-refractivity contribution in [2.45, 2.75) is 57.4 Å². The Morgan fingerprint density at radius 2 is 1.51 bits per heavy atom. The van der Waals surface area contributed by atoms with E-state index in [1.54, 1.807) is 0 Å². The maximum absolute atomic E-state index is 6.01. The van der Waals surface area contributed by atoms with Crippen LogP contribution in [0.3, 0.4) is 0 Å². The van der Waals surface area contributed by atoms with Gasteiger partial charge < -0.3 is 20.0 Å². The molecule has 3 N–H and O–H groups in total. The standard InChI is InChI=1S/C31H33N7O/c1-2-39-31-23-16-22(27-18-33-28(36-27)20-6-3-4-7-20)13-14-24(23)35-29(38-31)21-11-9-19(10-12-21)26-17-34-30(37-26)25-8-5-15-32-25/h9-14,16-18,20,25,32H,2-8,15H2,1H3,(H,33,36)(H,34,37)/t25-/m0/s1. The van der Waals surface area contributed by atoms with E-state index < -0.39 is 0 Å². The molecule has 1 aliphatic carbocycles. The Kier molecular flexibility index (Phi) is 6.32. The average Bonchev–Trinajstić information content (AvgIpc) is 3.80. The van der Waals surface area contributed by atoms with E-state index in [0.29, 0.717) is 30.3 Å². The van der Waals surface area contributed by atoms with Crippen LogP contribution in [0.2, 0.25) is 0 Å². The van der Waals surface area contributed by atoms with Crippen LogP contribution in [0, 0.1) is 0 Å². The summed E-state index contributed by atoms with van der Waals surface area (Å²) in [4.78, 5) is 26.1. The fourth-order valence-corrected chi connectivity index (χ4v) is 5.91. The van der Waals surface area contributed by atoms with Crippen LogP contribution in [0.15, 0.2) is 54.9 Å². The first-order valence-corrected chi connectivity index (χ1v) is 14.1. The molecule has 5 aromatic rings. The number of ether oxygens (including phenoxy) is 1. The third kappa shape index (κ3) is 4.69. The summed E-state index contributed by atoms with van der Waals surface area (Å²) in [5, 5.41) is 4.40. The minimum atomic E-state index is 0.323. The Morgan fingerprint density at radius 1 is 0.795 bits per heavy atom. The van der Waals surface area contributed by atoms with Crippen LogP contribution in [0.25, 0.3) is 44.8 Å². The first-order valence-electron chi connectivity index (χ1n) is 14.1. The molecule has 2 fully saturated rings. The number of nitrogens with one attached hydrogen (secondary N) is 3. The minimum absolute atomic E-state index is 0.323. The summed E-state index contributed by atoms with van der Waals surface area (Å²) in [7, 11) is 0. The highest BCUT2D eigenvalue weighted by Gasteiger charge is 2.21. The van der Waals surface area contributed by atoms with E-state index in [9.17, 15) is 0 Å². The predicted octanol–water partition coefficient (Wildman–Crippen LogP) is 6.56. The zero-order valence-corrected chi connectivity index (χ0v) is 22.2. The first kappa shape index (κ1) is 24.0. The van der Waals surface area contributed by atoms with Crippen molar-refractivity contribution in [2.24, 2.45) is 0 Å². The maximum Gasteiger partial charge on any atom is 0.225 e. The molecule has 1 aliphatic heterocycles. The Balaban J connectivity index is 1.18. The van der Waals surface area contributed by atoms with Gasteiger partial charge in [0, 0.05) is 17.0 Å². The van der Waals surface area contributed by atoms with Crippen LogP contribution in [-0.2, 0) is 0 Å². The molecule has 7 rings (SSSR count). The van der Waals surface area contributed by atoms with Crippen molar-refractivity contribution >= 4 is 10.9 Å². The van der Waals surface area contributed by atoms with Crippen molar-refractivity contribution in [1.29, 1.82) is 0 Å². The molecule has 1 saturated heterocycles. The van der Waals surface area contributed by atoms with E-state index in [4.69, 9.17) is 19.7 Å². The van der Waals surface area contributed by atoms with Gasteiger partial charge in [-0.2, -0.15) is 4.98 Å². The van der Waals surface area contributed by atoms with Gasteiger partial charge in [-0.15, -0.1) is 0 Å². The fraction of sp³-hybridized carbons (Fsp3) is 0.355. The highest BCUT2D eigenvalue weighted by Crippen LogP contribution is 2.35. The molecule has 2 aromatic carbocycles. The highest BCUT2D eigenvalue weighted by molar-refractivity contribution is 5.89. The number of hydrogen-bond donors (Lipinski definition) is 3. The van der Waals surface area contributed by atoms with Crippen LogP contribution in [-0.4, -0.2) is 43.1 Å². The summed E-state index contributed by atoms with van der Waals surface area (Å²) in [5.74, 6) is 3.91. The van der Waals surface area contributed by atoms with Crippen molar-refractivity contribution in [3.05, 3.63) is 66.5 Å². The minimum Gasteiger partial charge on any atom is -0.477 e. The second-order valence-corrected chi connectivity index (χ2v) is 10.6. The lowest BCUT2D eigenvalue weighted by atomic mass is 10.1. The predicted molar refractivity (Wildman–Crippen MR) is 152 cm³/mol. The van der Waals surface area contributed by atoms with Crippen LogP contribution >= 0.6 is 0 Å². The van der Waals surface area contributed by atoms with Gasteiger partial charge in [0.2, 0.25) is 5.88 Å². The van der Waals surface area contributed by atoms with E-state index >= 15 is 0 Å². The van der Waals surface area contributed by atoms with Gasteiger partial charge in [0.1, 0.15) is 11.6 Å². The Hall–Kier alpha value is -4.04. The van der Waals surface area contributed by atoms with Crippen molar-refractivity contribution in [2.75, 3.05) is 13.2 Å². The molecule has 1 atom stereocenters. The van der Waals surface area contributed by atoms with Gasteiger partial charge in [0.05, 0.1) is 47.3 Å². The molecule has 8 heteroatoms. The molecular formula is C31H33N7O. The van der Waals surface area contributed by atoms with Crippen molar-refractivity contribution in [3.63, 3.8) is 0 Å². The largest absolute Gasteiger partial charge is 0.477 e. The quantitative estimate of drug-likeness (QED) is 0.225. The zero-order valence-electron chi connectivity index (χ0n) is 22.2. The van der Waals surface area contributed by atoms with E-state index in [0.717, 1.165) is 63.6 Å². The van der Waals surface area contributed by atoms with Gasteiger partial charge in [-0.3, -0.25) is 0 Å². The molecule has 3 aromatic heterocycles. The van der Waals surface area contributed by atoms with Crippen LogP contribution in [0.4, 0.5) is 0 Å². The summed E-state index contributed by atoms with van der Waals surface area (Å²) in [6.45, 7) is 3.56. The van der Waals surface area contributed by atoms with Crippen LogP contribution in [0.1, 0.15) is 69.1 Å². The average molecular weight is 520 g/mol. The molecule has 0 bridgehead atoms. The third-order valence-electron chi connectivity index (χ3n) is 8.03. The van der Waals surface area contributed by atoms with E-state index in [1.807, 2.05) is 25.4 Å². The number of hydrogen-bond acceptors (Lipinski definition) is 6. The number of benzene rings is 2. The van der Waals surface area contributed by atoms with Crippen LogP contribution in [0.5, 0.6) is 5.88 Å². The highest BCUT2D eigenvalue weighted by atomic mass is 16.5. The monoisotopic (exact) mass is 519 g/mol. The van der Waals surface area contributed by atoms with Gasteiger partial charge in [-0.25, -0.2) is 15.0 Å². The van der Waals surface area contributed by atoms with Gasteiger partial charge in [0.15, 0.2) is 5.82 Å². The SMILES string of the molecule is CCOc1nc(-c2ccc(-c3cnc([C@@H]4CCCN4)[nH]3)cc2)nc2ccc(-c3cnc(C4CCCC4)[nH]3)cc12. The lowest BCUT2D eigenvalue weighted by molar-refractivity contribution is 0.331. The molecular weight excluding hydrogens is 486 g/mol. The van der Waals surface area contributed by atoms with Crippen molar-refractivity contribution in [1.82, 2.24) is 35.2 Å². The Labute approximate surface area is 227 Å². The molecule has 4 heterocycles. The van der Waals surface area contributed by atoms with Crippen molar-refractivity contribution in [3.8, 4) is 39.8 Å². The number of imidazole rings is 2. The normalized spacial score (nSPS) is 17.8. The number of fused-ring (bicyclic) bond motifs is 1. The second-order valence-electron chi connectivity index (χ2n) is 10.6. The molecule has 0 amide bonds. The molecule has 198 valence electrons. The number of H-pyrrole nitrogens is 2. The lowest BCUT2D eigenvalue weighted by Gasteiger charge is -2.11. The smallest absolute Gasteiger partial charge is 0.225 e. The molecule has 39 heavy (non-hydrogen) atoms. The number of aromatic nitrogens is 6. The molecule has 0 spiro atoms. The zero-order chi connectivity index (χ0) is 26.2. The number of rotatable bonds is 7. The molecule has 0 radical (unpaired) electrons. The van der Waals surface area contributed by atoms with Gasteiger partial charge in [-0.05, 0) is 56.8 Å². The third-order valence-corrected chi connectivity index (χ3v) is 8.03. The summed E-state index contributed by atoms with van der Waals surface area (Å²) < 4.78 is 6.01. The molecule has 1 saturated carbocycles. The summed E-state index contributed by atoms with van der Waals surface area (Å²) in [6, 6.07) is 14.9. The van der Waals surface area contributed by atoms with E-state index in [1.165, 1.54) is 32.1 Å². The summed E-state index contributed by atoms with van der Waals surface area (Å²) in [5.41, 5.74) is 5.98. The maximum atomic E-state index is 6.01. The fourth-order valence-electron chi connectivity index (χ4n) is 5.91. The van der Waals surface area contributed by atoms with E-state index in [-0.39, 0.29) is 0 Å². The molecule has 2 aliphatic rings. The number of nitrogens with zero attached hydrogens (tertiary/aromatic N) is 4. The van der Waals surface area contributed by atoms with Crippen LogP contribution < -0.4 is 10.1 Å². The second kappa shape index (κ2) is 10.3. The lowest BCUT2D eigenvalue weighted by Crippen LogP contribution is -2.14.